The van der Waals surface area contributed by atoms with Gasteiger partial charge in [0.1, 0.15) is 0 Å². The van der Waals surface area contributed by atoms with Gasteiger partial charge in [0.05, 0.1) is 20.2 Å². The molecular weight excluding hydrogens is 223 g/mol. The Hall–Kier alpha value is -0.130. The van der Waals surface area contributed by atoms with E-state index in [1.165, 1.54) is 0 Å². The number of terminal acetylenes is 1. The molecule has 92 valence electrons. The third-order valence-electron chi connectivity index (χ3n) is 2.44. The quantitative estimate of drug-likeness (QED) is 0.392. The lowest BCUT2D eigenvalue weighted by molar-refractivity contribution is 0.0498. The van der Waals surface area contributed by atoms with Gasteiger partial charge in [-0.2, -0.15) is 0 Å². The van der Waals surface area contributed by atoms with Gasteiger partial charge in [0, 0.05) is 19.7 Å². The van der Waals surface area contributed by atoms with Crippen molar-refractivity contribution < 1.29 is 15.2 Å². The second kappa shape index (κ2) is 8.03. The van der Waals surface area contributed by atoms with Crippen LogP contribution >= 0.6 is 8.38 Å². The van der Waals surface area contributed by atoms with E-state index in [9.17, 15) is 0 Å². The van der Waals surface area contributed by atoms with Gasteiger partial charge in [-0.3, -0.25) is 0 Å². The minimum Gasteiger partial charge on any atom is -0.375 e. The van der Waals surface area contributed by atoms with Crippen LogP contribution in [0.2, 0.25) is 0 Å². The molecule has 1 aliphatic heterocycles. The first-order valence-corrected chi connectivity index (χ1v) is 7.34. The van der Waals surface area contributed by atoms with Gasteiger partial charge in [-0.1, -0.05) is 6.92 Å². The molecule has 3 nitrogen and oxygen atoms in total. The molecule has 0 aliphatic carbocycles. The zero-order valence-corrected chi connectivity index (χ0v) is 10.9. The van der Waals surface area contributed by atoms with Crippen molar-refractivity contribution in [2.75, 3.05) is 19.9 Å². The van der Waals surface area contributed by atoms with Crippen LogP contribution in [-0.2, 0) is 13.8 Å². The number of ether oxygens (including phenoxy) is 1. The molecule has 0 bridgehead atoms. The summed E-state index contributed by atoms with van der Waals surface area (Å²) in [6.07, 6.45) is 8.32. The molecule has 4 heteroatoms. The summed E-state index contributed by atoms with van der Waals surface area (Å²) in [5, 5.41) is 0. The Morgan fingerprint density at radius 2 is 2.50 bits per heavy atom. The van der Waals surface area contributed by atoms with Crippen molar-refractivity contribution in [2.24, 2.45) is 0 Å². The molecule has 0 saturated carbocycles. The van der Waals surface area contributed by atoms with Crippen LogP contribution in [0.4, 0.5) is 0 Å². The Labute approximate surface area is 101 Å². The summed E-state index contributed by atoms with van der Waals surface area (Å²) in [7, 11) is -0.892. The fourth-order valence-electron chi connectivity index (χ4n) is 1.57. The van der Waals surface area contributed by atoms with Crippen molar-refractivity contribution >= 4 is 8.38 Å². The van der Waals surface area contributed by atoms with E-state index in [1.54, 1.807) is 0 Å². The number of hydrogen-bond acceptors (Lipinski definition) is 3. The van der Waals surface area contributed by atoms with E-state index in [0.29, 0.717) is 13.0 Å². The van der Waals surface area contributed by atoms with Crippen molar-refractivity contribution in [3.8, 4) is 12.3 Å². The summed E-state index contributed by atoms with van der Waals surface area (Å²) in [6.45, 7) is 4.18. The first-order chi connectivity index (χ1) is 8.17. The molecule has 1 heterocycles. The monoisotopic (exact) mass is 246 g/mol. The highest BCUT2D eigenvalue weighted by Crippen LogP contribution is 2.39. The van der Waals surface area contributed by atoms with E-state index in [2.05, 4.69) is 5.92 Å². The fraction of sp³-hybridized carbons (Fsp3) is 0.833. The maximum absolute atomic E-state index is 7.58. The standard InChI is InChI=1S/C12H21O3P/c1-4-6-7-9-14-16(3)15-12-8-10-13-11(12)5-2/h1,11-12H,5-10H2,2-3H3/t11-,12?,16?/m1/s1/i10T/t10-,11+,12?,16?/m0. The van der Waals surface area contributed by atoms with Crippen LogP contribution in [0, 0.1) is 12.3 Å². The van der Waals surface area contributed by atoms with Crippen molar-refractivity contribution in [3.63, 3.8) is 0 Å². The summed E-state index contributed by atoms with van der Waals surface area (Å²) in [5.41, 5.74) is 0. The smallest absolute Gasteiger partial charge is 0.167 e. The van der Waals surface area contributed by atoms with Crippen LogP contribution in [0.1, 0.15) is 34.0 Å². The van der Waals surface area contributed by atoms with Gasteiger partial charge < -0.3 is 13.8 Å². The Kier molecular flexibility index (Phi) is 6.19. The zero-order chi connectivity index (χ0) is 12.7. The largest absolute Gasteiger partial charge is 0.375 e. The van der Waals surface area contributed by atoms with Crippen molar-refractivity contribution in [1.29, 1.82) is 0 Å². The van der Waals surface area contributed by atoms with E-state index in [0.717, 1.165) is 19.3 Å². The lowest BCUT2D eigenvalue weighted by Crippen LogP contribution is -2.22. The lowest BCUT2D eigenvalue weighted by Gasteiger charge is -2.21. The van der Waals surface area contributed by atoms with E-state index in [4.69, 9.17) is 21.6 Å². The Morgan fingerprint density at radius 1 is 1.69 bits per heavy atom. The molecule has 2 unspecified atom stereocenters. The third kappa shape index (κ3) is 4.80. The highest BCUT2D eigenvalue weighted by atomic mass is 31.2. The SMILES string of the molecule is [3H][C@H]1CC(OP(C)OCCCC#C)[C@@H](CC)O1. The maximum atomic E-state index is 7.58. The van der Waals surface area contributed by atoms with Crippen molar-refractivity contribution in [1.82, 2.24) is 0 Å². The number of hydrogen-bond donors (Lipinski definition) is 0. The van der Waals surface area contributed by atoms with Gasteiger partial charge in [0.15, 0.2) is 8.38 Å². The first-order valence-electron chi connectivity index (χ1n) is 6.29. The molecular formula is C12H21O3P. The van der Waals surface area contributed by atoms with E-state index in [-0.39, 0.29) is 12.2 Å². The van der Waals surface area contributed by atoms with Crippen LogP contribution in [0.3, 0.4) is 0 Å². The van der Waals surface area contributed by atoms with Crippen LogP contribution in [0.15, 0.2) is 0 Å². The molecule has 1 saturated heterocycles. The topological polar surface area (TPSA) is 27.7 Å². The molecule has 0 aromatic carbocycles. The molecule has 1 aliphatic rings. The lowest BCUT2D eigenvalue weighted by atomic mass is 10.1. The molecule has 0 amide bonds. The predicted octanol–water partition coefficient (Wildman–Crippen LogP) is 2.94. The van der Waals surface area contributed by atoms with Gasteiger partial charge in [-0.25, -0.2) is 0 Å². The molecule has 0 spiro atoms. The first kappa shape index (κ1) is 12.3. The summed E-state index contributed by atoms with van der Waals surface area (Å²) >= 11 is 0. The number of unbranched alkanes of at least 4 members (excludes halogenated alkanes) is 1. The van der Waals surface area contributed by atoms with E-state index in [1.807, 2.05) is 13.6 Å². The fourth-order valence-corrected chi connectivity index (χ4v) is 2.62. The second-order valence-electron chi connectivity index (χ2n) is 3.71. The van der Waals surface area contributed by atoms with Gasteiger partial charge in [-0.15, -0.1) is 12.3 Å². The molecule has 0 aromatic rings. The van der Waals surface area contributed by atoms with Crippen LogP contribution in [-0.4, -0.2) is 32.1 Å². The predicted molar refractivity (Wildman–Crippen MR) is 66.4 cm³/mol. The van der Waals surface area contributed by atoms with E-state index >= 15 is 0 Å². The summed E-state index contributed by atoms with van der Waals surface area (Å²) in [5.74, 6) is 2.58. The average Bonchev–Trinajstić information content (AvgIpc) is 2.65. The highest BCUT2D eigenvalue weighted by molar-refractivity contribution is 7.46. The number of rotatable bonds is 7. The van der Waals surface area contributed by atoms with Crippen LogP contribution in [0.5, 0.6) is 0 Å². The van der Waals surface area contributed by atoms with Gasteiger partial charge in [-0.05, 0) is 19.3 Å². The molecule has 0 N–H and O–H groups in total. The molecule has 0 radical (unpaired) electrons. The highest BCUT2D eigenvalue weighted by Gasteiger charge is 2.29. The summed E-state index contributed by atoms with van der Waals surface area (Å²) < 4.78 is 24.4. The molecule has 4 atom stereocenters. The Balaban J connectivity index is 2.21. The maximum Gasteiger partial charge on any atom is 0.167 e. The van der Waals surface area contributed by atoms with Crippen molar-refractivity contribution in [2.45, 2.75) is 44.8 Å². The molecule has 1 fully saturated rings. The average molecular weight is 246 g/mol. The summed E-state index contributed by atoms with van der Waals surface area (Å²) in [6, 6.07) is 0. The normalized spacial score (nSPS) is 32.1. The molecule has 16 heavy (non-hydrogen) atoms. The van der Waals surface area contributed by atoms with Crippen LogP contribution < -0.4 is 0 Å². The summed E-state index contributed by atoms with van der Waals surface area (Å²) in [4.78, 5) is 0. The minimum atomic E-state index is -0.892. The Morgan fingerprint density at radius 3 is 3.19 bits per heavy atom. The second-order valence-corrected chi connectivity index (χ2v) is 5.06. The zero-order valence-electron chi connectivity index (χ0n) is 11.0. The molecule has 0 aromatic heterocycles. The third-order valence-corrected chi connectivity index (χ3v) is 3.55. The van der Waals surface area contributed by atoms with Crippen LogP contribution in [0.25, 0.3) is 0 Å². The van der Waals surface area contributed by atoms with Gasteiger partial charge in [0.25, 0.3) is 0 Å². The Bertz CT molecular complexity index is 257. The minimum absolute atomic E-state index is 0.00578. The van der Waals surface area contributed by atoms with Gasteiger partial charge >= 0.3 is 0 Å². The molecule has 1 rings (SSSR count). The van der Waals surface area contributed by atoms with E-state index < -0.39 is 15.0 Å². The van der Waals surface area contributed by atoms with Gasteiger partial charge in [0.2, 0.25) is 0 Å². The van der Waals surface area contributed by atoms with Crippen molar-refractivity contribution in [3.05, 3.63) is 0 Å².